The zero-order valence-electron chi connectivity index (χ0n) is 9.21. The van der Waals surface area contributed by atoms with Crippen molar-refractivity contribution in [1.29, 1.82) is 0 Å². The van der Waals surface area contributed by atoms with Gasteiger partial charge in [0.1, 0.15) is 0 Å². The second-order valence-electron chi connectivity index (χ2n) is 3.81. The van der Waals surface area contributed by atoms with Gasteiger partial charge in [-0.15, -0.1) is 0 Å². The highest BCUT2D eigenvalue weighted by Gasteiger charge is 2.08. The second-order valence-corrected chi connectivity index (χ2v) is 6.10. The molecule has 2 aromatic carbocycles. The van der Waals surface area contributed by atoms with Gasteiger partial charge in [0.05, 0.1) is 4.83 Å². The summed E-state index contributed by atoms with van der Waals surface area (Å²) in [4.78, 5) is 11.3. The number of anilines is 1. The van der Waals surface area contributed by atoms with Crippen molar-refractivity contribution in [2.24, 2.45) is 0 Å². The van der Waals surface area contributed by atoms with Crippen molar-refractivity contribution in [3.8, 4) is 0 Å². The highest BCUT2D eigenvalue weighted by atomic mass is 79.9. The number of benzene rings is 2. The van der Waals surface area contributed by atoms with Gasteiger partial charge in [0.25, 0.3) is 0 Å². The number of hydrogen-bond donors (Lipinski definition) is 1. The molecule has 0 aromatic heterocycles. The van der Waals surface area contributed by atoms with Gasteiger partial charge in [-0.3, -0.25) is 4.79 Å². The van der Waals surface area contributed by atoms with Crippen LogP contribution in [-0.4, -0.2) is 10.7 Å². The van der Waals surface area contributed by atoms with Gasteiger partial charge in [-0.2, -0.15) is 0 Å². The predicted octanol–water partition coefficient (Wildman–Crippen LogP) is 4.32. The lowest BCUT2D eigenvalue weighted by Crippen LogP contribution is -2.19. The molecule has 0 fully saturated rings. The molecule has 1 amide bonds. The molecular weight excluding hydrogens is 346 g/mol. The third-order valence-corrected chi connectivity index (χ3v) is 3.34. The first-order valence-corrected chi connectivity index (χ1v) is 6.91. The number of hydrogen-bond acceptors (Lipinski definition) is 1. The van der Waals surface area contributed by atoms with Gasteiger partial charge < -0.3 is 5.32 Å². The molecule has 4 heteroatoms. The van der Waals surface area contributed by atoms with Crippen LogP contribution in [0.25, 0.3) is 10.8 Å². The number of halogens is 2. The lowest BCUT2D eigenvalue weighted by molar-refractivity contribution is -0.115. The van der Waals surface area contributed by atoms with Crippen molar-refractivity contribution in [2.45, 2.75) is 11.8 Å². The Morgan fingerprint density at radius 1 is 1.18 bits per heavy atom. The zero-order chi connectivity index (χ0) is 12.4. The maximum Gasteiger partial charge on any atom is 0.237 e. The quantitative estimate of drug-likeness (QED) is 0.797. The van der Waals surface area contributed by atoms with Crippen LogP contribution in [0.5, 0.6) is 0 Å². The van der Waals surface area contributed by atoms with E-state index in [-0.39, 0.29) is 10.7 Å². The Labute approximate surface area is 117 Å². The van der Waals surface area contributed by atoms with Crippen LogP contribution in [0.4, 0.5) is 5.69 Å². The fourth-order valence-electron chi connectivity index (χ4n) is 1.54. The number of nitrogens with one attached hydrogen (secondary N) is 1. The van der Waals surface area contributed by atoms with Crippen LogP contribution in [0.2, 0.25) is 0 Å². The van der Waals surface area contributed by atoms with Crippen LogP contribution in [0.3, 0.4) is 0 Å². The molecule has 1 atom stereocenters. The summed E-state index contributed by atoms with van der Waals surface area (Å²) in [7, 11) is 0. The van der Waals surface area contributed by atoms with Crippen molar-refractivity contribution in [3.05, 3.63) is 40.9 Å². The second kappa shape index (κ2) is 5.19. The van der Waals surface area contributed by atoms with Gasteiger partial charge in [-0.1, -0.05) is 44.0 Å². The molecule has 0 spiro atoms. The topological polar surface area (TPSA) is 29.1 Å². The molecule has 0 radical (unpaired) electrons. The minimum absolute atomic E-state index is 0.0403. The van der Waals surface area contributed by atoms with Crippen molar-refractivity contribution in [1.82, 2.24) is 0 Å². The molecule has 2 aromatic rings. The van der Waals surface area contributed by atoms with E-state index in [1.807, 2.05) is 36.4 Å². The Bertz CT molecular complexity index is 566. The molecule has 17 heavy (non-hydrogen) atoms. The van der Waals surface area contributed by atoms with Crippen LogP contribution in [0.1, 0.15) is 6.92 Å². The standard InChI is InChI=1S/C13H11Br2NO/c1-8(14)13(17)16-12-5-3-9-6-11(15)4-2-10(9)7-12/h2-8H,1H3,(H,16,17). The Morgan fingerprint density at radius 3 is 2.53 bits per heavy atom. The van der Waals surface area contributed by atoms with Crippen LogP contribution >= 0.6 is 31.9 Å². The zero-order valence-corrected chi connectivity index (χ0v) is 12.4. The third kappa shape index (κ3) is 3.07. The van der Waals surface area contributed by atoms with E-state index in [4.69, 9.17) is 0 Å². The molecule has 2 nitrogen and oxygen atoms in total. The summed E-state index contributed by atoms with van der Waals surface area (Å²) < 4.78 is 1.05. The van der Waals surface area contributed by atoms with Gasteiger partial charge in [0, 0.05) is 10.2 Å². The van der Waals surface area contributed by atoms with Gasteiger partial charge in [-0.05, 0) is 42.0 Å². The molecule has 0 saturated carbocycles. The maximum absolute atomic E-state index is 11.5. The van der Waals surface area contributed by atoms with E-state index in [2.05, 4.69) is 37.2 Å². The average Bonchev–Trinajstić information content (AvgIpc) is 2.29. The fraction of sp³-hybridized carbons (Fsp3) is 0.154. The first-order chi connectivity index (χ1) is 8.06. The van der Waals surface area contributed by atoms with Crippen LogP contribution in [0.15, 0.2) is 40.9 Å². The summed E-state index contributed by atoms with van der Waals surface area (Å²) in [6.45, 7) is 1.80. The van der Waals surface area contributed by atoms with E-state index in [1.165, 1.54) is 0 Å². The molecule has 0 saturated heterocycles. The summed E-state index contributed by atoms with van der Waals surface area (Å²) in [6, 6.07) is 11.9. The van der Waals surface area contributed by atoms with E-state index < -0.39 is 0 Å². The van der Waals surface area contributed by atoms with E-state index in [9.17, 15) is 4.79 Å². The number of amides is 1. The van der Waals surface area contributed by atoms with Crippen LogP contribution in [-0.2, 0) is 4.79 Å². The number of rotatable bonds is 2. The van der Waals surface area contributed by atoms with Gasteiger partial charge >= 0.3 is 0 Å². The largest absolute Gasteiger partial charge is 0.325 e. The molecule has 1 N–H and O–H groups in total. The molecule has 0 aliphatic carbocycles. The molecule has 88 valence electrons. The van der Waals surface area contributed by atoms with E-state index in [0.717, 1.165) is 20.9 Å². The third-order valence-electron chi connectivity index (χ3n) is 2.43. The molecule has 0 aliphatic heterocycles. The van der Waals surface area contributed by atoms with Crippen molar-refractivity contribution < 1.29 is 4.79 Å². The Kier molecular flexibility index (Phi) is 3.84. The number of alkyl halides is 1. The van der Waals surface area contributed by atoms with Gasteiger partial charge in [-0.25, -0.2) is 0 Å². The minimum Gasteiger partial charge on any atom is -0.325 e. The molecule has 0 aliphatic rings. The van der Waals surface area contributed by atoms with E-state index in [0.29, 0.717) is 0 Å². The summed E-state index contributed by atoms with van der Waals surface area (Å²) >= 11 is 6.67. The Balaban J connectivity index is 2.32. The maximum atomic E-state index is 11.5. The first-order valence-electron chi connectivity index (χ1n) is 5.20. The number of carbonyl (C=O) groups excluding carboxylic acids is 1. The van der Waals surface area contributed by atoms with Crippen molar-refractivity contribution >= 4 is 54.2 Å². The number of carbonyl (C=O) groups is 1. The highest BCUT2D eigenvalue weighted by Crippen LogP contribution is 2.23. The number of fused-ring (bicyclic) bond motifs is 1. The molecular formula is C13H11Br2NO. The van der Waals surface area contributed by atoms with Crippen LogP contribution in [0, 0.1) is 0 Å². The van der Waals surface area contributed by atoms with Crippen LogP contribution < -0.4 is 5.32 Å². The monoisotopic (exact) mass is 355 g/mol. The smallest absolute Gasteiger partial charge is 0.237 e. The van der Waals surface area contributed by atoms with Gasteiger partial charge in [0.15, 0.2) is 0 Å². The SMILES string of the molecule is CC(Br)C(=O)Nc1ccc2cc(Br)ccc2c1. The van der Waals surface area contributed by atoms with Crippen molar-refractivity contribution in [3.63, 3.8) is 0 Å². The predicted molar refractivity (Wildman–Crippen MR) is 78.7 cm³/mol. The summed E-state index contributed by atoms with van der Waals surface area (Å²) in [5, 5.41) is 5.10. The molecule has 0 bridgehead atoms. The fourth-order valence-corrected chi connectivity index (χ4v) is 2.03. The summed E-state index contributed by atoms with van der Waals surface area (Å²) in [5.41, 5.74) is 0.816. The molecule has 0 heterocycles. The minimum atomic E-state index is -0.192. The van der Waals surface area contributed by atoms with Gasteiger partial charge in [0.2, 0.25) is 5.91 Å². The summed E-state index contributed by atoms with van der Waals surface area (Å²) in [5.74, 6) is -0.0403. The lowest BCUT2D eigenvalue weighted by atomic mass is 10.1. The van der Waals surface area contributed by atoms with E-state index in [1.54, 1.807) is 6.92 Å². The average molecular weight is 357 g/mol. The normalized spacial score (nSPS) is 12.4. The first kappa shape index (κ1) is 12.6. The Hall–Kier alpha value is -0.870. The highest BCUT2D eigenvalue weighted by molar-refractivity contribution is 9.10. The van der Waals surface area contributed by atoms with Crippen molar-refractivity contribution in [2.75, 3.05) is 5.32 Å². The van der Waals surface area contributed by atoms with E-state index >= 15 is 0 Å². The lowest BCUT2D eigenvalue weighted by Gasteiger charge is -2.08. The molecule has 1 unspecified atom stereocenters. The molecule has 2 rings (SSSR count). The Morgan fingerprint density at radius 2 is 1.82 bits per heavy atom. The summed E-state index contributed by atoms with van der Waals surface area (Å²) in [6.07, 6.45) is 0.